The predicted octanol–water partition coefficient (Wildman–Crippen LogP) is 4.09. The van der Waals surface area contributed by atoms with E-state index in [1.54, 1.807) is 0 Å². The number of nitrogens with zero attached hydrogens (tertiary/aromatic N) is 1. The number of hydrogen-bond donors (Lipinski definition) is 0. The summed E-state index contributed by atoms with van der Waals surface area (Å²) in [5.41, 5.74) is 1.25. The maximum absolute atomic E-state index is 6.06. The standard InChI is InChI=1S/C11H13BrClN/c12-10-5-4-9(8-11(10)13)14-6-2-1-3-7-14/h4-5,8H,1-3,6-7H2. The summed E-state index contributed by atoms with van der Waals surface area (Å²) in [6, 6.07) is 6.19. The van der Waals surface area contributed by atoms with Crippen molar-refractivity contribution in [1.82, 2.24) is 0 Å². The van der Waals surface area contributed by atoms with Crippen LogP contribution in [0.2, 0.25) is 5.02 Å². The lowest BCUT2D eigenvalue weighted by molar-refractivity contribution is 0.578. The lowest BCUT2D eigenvalue weighted by Gasteiger charge is -2.29. The molecule has 1 heterocycles. The summed E-state index contributed by atoms with van der Waals surface area (Å²) >= 11 is 9.46. The summed E-state index contributed by atoms with van der Waals surface area (Å²) in [5, 5.41) is 0.799. The summed E-state index contributed by atoms with van der Waals surface area (Å²) < 4.78 is 0.972. The Hall–Kier alpha value is -0.210. The Labute approximate surface area is 98.2 Å². The van der Waals surface area contributed by atoms with Gasteiger partial charge in [-0.25, -0.2) is 0 Å². The zero-order valence-electron chi connectivity index (χ0n) is 7.97. The van der Waals surface area contributed by atoms with Crippen LogP contribution in [0.1, 0.15) is 19.3 Å². The van der Waals surface area contributed by atoms with Gasteiger partial charge < -0.3 is 4.90 Å². The average molecular weight is 275 g/mol. The van der Waals surface area contributed by atoms with Crippen molar-refractivity contribution in [2.45, 2.75) is 19.3 Å². The maximum Gasteiger partial charge on any atom is 0.0568 e. The third-order valence-corrected chi connectivity index (χ3v) is 3.86. The van der Waals surface area contributed by atoms with Crippen LogP contribution in [-0.4, -0.2) is 13.1 Å². The van der Waals surface area contributed by atoms with Gasteiger partial charge in [-0.1, -0.05) is 11.6 Å². The largest absolute Gasteiger partial charge is 0.371 e. The van der Waals surface area contributed by atoms with Crippen LogP contribution in [-0.2, 0) is 0 Å². The molecule has 1 aliphatic heterocycles. The van der Waals surface area contributed by atoms with Crippen LogP contribution in [0.15, 0.2) is 22.7 Å². The highest BCUT2D eigenvalue weighted by Gasteiger charge is 2.11. The Morgan fingerprint density at radius 1 is 1.14 bits per heavy atom. The Bertz CT molecular complexity index is 321. The van der Waals surface area contributed by atoms with E-state index < -0.39 is 0 Å². The van der Waals surface area contributed by atoms with Gasteiger partial charge in [-0.15, -0.1) is 0 Å². The Morgan fingerprint density at radius 3 is 2.50 bits per heavy atom. The first-order valence-electron chi connectivity index (χ1n) is 4.97. The first-order valence-corrected chi connectivity index (χ1v) is 6.14. The molecule has 0 atom stereocenters. The second kappa shape index (κ2) is 4.54. The minimum Gasteiger partial charge on any atom is -0.371 e. The molecular weight excluding hydrogens is 261 g/mol. The van der Waals surface area contributed by atoms with Crippen molar-refractivity contribution in [2.75, 3.05) is 18.0 Å². The van der Waals surface area contributed by atoms with Crippen molar-refractivity contribution in [2.24, 2.45) is 0 Å². The molecule has 1 aromatic rings. The smallest absolute Gasteiger partial charge is 0.0568 e. The maximum atomic E-state index is 6.06. The predicted molar refractivity (Wildman–Crippen MR) is 65.2 cm³/mol. The van der Waals surface area contributed by atoms with Crippen LogP contribution >= 0.6 is 27.5 Å². The van der Waals surface area contributed by atoms with Crippen LogP contribution in [0.3, 0.4) is 0 Å². The number of rotatable bonds is 1. The summed E-state index contributed by atoms with van der Waals surface area (Å²) in [6.07, 6.45) is 3.96. The van der Waals surface area contributed by atoms with Crippen molar-refractivity contribution in [3.8, 4) is 0 Å². The highest BCUT2D eigenvalue weighted by Crippen LogP contribution is 2.28. The fraction of sp³-hybridized carbons (Fsp3) is 0.455. The van der Waals surface area contributed by atoms with Crippen molar-refractivity contribution < 1.29 is 0 Å². The third kappa shape index (κ3) is 2.23. The number of hydrogen-bond acceptors (Lipinski definition) is 1. The number of benzene rings is 1. The normalized spacial score (nSPS) is 17.1. The van der Waals surface area contributed by atoms with Crippen LogP contribution < -0.4 is 4.90 Å². The summed E-state index contributed by atoms with van der Waals surface area (Å²) in [4.78, 5) is 2.40. The molecule has 14 heavy (non-hydrogen) atoms. The molecule has 76 valence electrons. The molecule has 0 aromatic heterocycles. The highest BCUT2D eigenvalue weighted by atomic mass is 79.9. The summed E-state index contributed by atoms with van der Waals surface area (Å²) in [5.74, 6) is 0. The lowest BCUT2D eigenvalue weighted by Crippen LogP contribution is -2.29. The molecule has 0 amide bonds. The van der Waals surface area contributed by atoms with Crippen LogP contribution in [0.5, 0.6) is 0 Å². The minimum atomic E-state index is 0.799. The average Bonchev–Trinajstić information content (AvgIpc) is 2.23. The SMILES string of the molecule is Clc1cc(N2CCCCC2)ccc1Br. The van der Waals surface area contributed by atoms with Gasteiger partial charge in [0, 0.05) is 23.2 Å². The van der Waals surface area contributed by atoms with Crippen molar-refractivity contribution in [1.29, 1.82) is 0 Å². The van der Waals surface area contributed by atoms with E-state index in [0.717, 1.165) is 22.6 Å². The minimum absolute atomic E-state index is 0.799. The first kappa shape index (κ1) is 10.3. The fourth-order valence-electron chi connectivity index (χ4n) is 1.83. The van der Waals surface area contributed by atoms with Gasteiger partial charge in [0.2, 0.25) is 0 Å². The van der Waals surface area contributed by atoms with Crippen LogP contribution in [0, 0.1) is 0 Å². The highest BCUT2D eigenvalue weighted by molar-refractivity contribution is 9.10. The molecule has 0 bridgehead atoms. The molecule has 0 N–H and O–H groups in total. The Balaban J connectivity index is 2.18. The van der Waals surface area contributed by atoms with Crippen LogP contribution in [0.25, 0.3) is 0 Å². The van der Waals surface area contributed by atoms with E-state index in [4.69, 9.17) is 11.6 Å². The second-order valence-corrected chi connectivity index (χ2v) is 4.91. The second-order valence-electron chi connectivity index (χ2n) is 3.65. The van der Waals surface area contributed by atoms with E-state index in [0.29, 0.717) is 0 Å². The van der Waals surface area contributed by atoms with Gasteiger partial charge in [0.25, 0.3) is 0 Å². The van der Waals surface area contributed by atoms with Gasteiger partial charge in [0.15, 0.2) is 0 Å². The summed E-state index contributed by atoms with van der Waals surface area (Å²) in [7, 11) is 0. The third-order valence-electron chi connectivity index (χ3n) is 2.62. The van der Waals surface area contributed by atoms with E-state index in [1.807, 2.05) is 12.1 Å². The van der Waals surface area contributed by atoms with Crippen LogP contribution in [0.4, 0.5) is 5.69 Å². The summed E-state index contributed by atoms with van der Waals surface area (Å²) in [6.45, 7) is 2.33. The first-order chi connectivity index (χ1) is 6.77. The van der Waals surface area contributed by atoms with Gasteiger partial charge in [0.05, 0.1) is 5.02 Å². The number of halogens is 2. The molecule has 1 nitrogen and oxygen atoms in total. The van der Waals surface area contributed by atoms with Gasteiger partial charge in [-0.3, -0.25) is 0 Å². The van der Waals surface area contributed by atoms with E-state index in [1.165, 1.54) is 24.9 Å². The monoisotopic (exact) mass is 273 g/mol. The van der Waals surface area contributed by atoms with Crippen molar-refractivity contribution >= 4 is 33.2 Å². The molecule has 1 aliphatic rings. The molecule has 1 fully saturated rings. The van der Waals surface area contributed by atoms with E-state index in [9.17, 15) is 0 Å². The quantitative estimate of drug-likeness (QED) is 0.745. The molecule has 0 spiro atoms. The van der Waals surface area contributed by atoms with Gasteiger partial charge in [0.1, 0.15) is 0 Å². The molecule has 0 radical (unpaired) electrons. The number of piperidine rings is 1. The lowest BCUT2D eigenvalue weighted by atomic mass is 10.1. The van der Waals surface area contributed by atoms with Gasteiger partial charge in [-0.05, 0) is 53.4 Å². The van der Waals surface area contributed by atoms with Gasteiger partial charge in [-0.2, -0.15) is 0 Å². The van der Waals surface area contributed by atoms with Crippen molar-refractivity contribution in [3.05, 3.63) is 27.7 Å². The number of anilines is 1. The zero-order chi connectivity index (χ0) is 9.97. The van der Waals surface area contributed by atoms with E-state index in [-0.39, 0.29) is 0 Å². The Kier molecular flexibility index (Phi) is 3.34. The van der Waals surface area contributed by atoms with E-state index >= 15 is 0 Å². The molecular formula is C11H13BrClN. The molecule has 2 rings (SSSR count). The zero-order valence-corrected chi connectivity index (χ0v) is 10.3. The van der Waals surface area contributed by atoms with Crippen molar-refractivity contribution in [3.63, 3.8) is 0 Å². The molecule has 0 aliphatic carbocycles. The molecule has 0 saturated carbocycles. The molecule has 3 heteroatoms. The fourth-order valence-corrected chi connectivity index (χ4v) is 2.26. The molecule has 1 aromatic carbocycles. The molecule has 1 saturated heterocycles. The van der Waals surface area contributed by atoms with E-state index in [2.05, 4.69) is 26.9 Å². The Morgan fingerprint density at radius 2 is 1.86 bits per heavy atom. The molecule has 0 unspecified atom stereocenters. The van der Waals surface area contributed by atoms with Gasteiger partial charge >= 0.3 is 0 Å². The topological polar surface area (TPSA) is 3.24 Å².